The third kappa shape index (κ3) is 6.58. The fraction of sp³-hybridized carbons (Fsp3) is 0.650. The van der Waals surface area contributed by atoms with Crippen molar-refractivity contribution in [2.45, 2.75) is 38.8 Å². The Bertz CT molecular complexity index is 620. The minimum atomic E-state index is 0. The van der Waals surface area contributed by atoms with Gasteiger partial charge in [-0.25, -0.2) is 0 Å². The Kier molecular flexibility index (Phi) is 11.4. The second-order valence-corrected chi connectivity index (χ2v) is 6.68. The zero-order valence-electron chi connectivity index (χ0n) is 17.7. The van der Waals surface area contributed by atoms with E-state index in [2.05, 4.69) is 27.4 Å². The number of guanidine groups is 1. The van der Waals surface area contributed by atoms with Crippen molar-refractivity contribution < 1.29 is 14.2 Å². The van der Waals surface area contributed by atoms with Crippen LogP contribution in [0, 0.1) is 0 Å². The smallest absolute Gasteiger partial charge is 0.203 e. The molecule has 1 aliphatic heterocycles. The number of hydrogen-bond acceptors (Lipinski definition) is 5. The highest BCUT2D eigenvalue weighted by Crippen LogP contribution is 2.39. The van der Waals surface area contributed by atoms with Crippen LogP contribution in [0.25, 0.3) is 0 Å². The van der Waals surface area contributed by atoms with Gasteiger partial charge in [0.25, 0.3) is 0 Å². The van der Waals surface area contributed by atoms with Crippen LogP contribution in [-0.4, -0.2) is 64.9 Å². The molecule has 7 nitrogen and oxygen atoms in total. The van der Waals surface area contributed by atoms with Crippen LogP contribution in [0.1, 0.15) is 31.7 Å². The quantitative estimate of drug-likeness (QED) is 0.321. The minimum absolute atomic E-state index is 0. The lowest BCUT2D eigenvalue weighted by molar-refractivity contribution is 0.206. The second-order valence-electron chi connectivity index (χ2n) is 6.68. The van der Waals surface area contributed by atoms with Crippen molar-refractivity contribution in [2.75, 3.05) is 48.0 Å². The van der Waals surface area contributed by atoms with E-state index < -0.39 is 0 Å². The largest absolute Gasteiger partial charge is 0.493 e. The second kappa shape index (κ2) is 12.9. The predicted octanol–water partition coefficient (Wildman–Crippen LogP) is 2.87. The monoisotopic (exact) mass is 506 g/mol. The molecule has 1 aromatic carbocycles. The number of methoxy groups -OCH3 is 3. The van der Waals surface area contributed by atoms with Gasteiger partial charge in [0.1, 0.15) is 0 Å². The van der Waals surface area contributed by atoms with Gasteiger partial charge in [-0.3, -0.25) is 4.99 Å². The van der Waals surface area contributed by atoms with Gasteiger partial charge in [0.15, 0.2) is 17.5 Å². The molecule has 0 atom stereocenters. The fourth-order valence-electron chi connectivity index (χ4n) is 3.49. The summed E-state index contributed by atoms with van der Waals surface area (Å²) in [6, 6.07) is 4.32. The van der Waals surface area contributed by atoms with Crippen LogP contribution >= 0.6 is 24.0 Å². The number of piperidine rings is 1. The maximum Gasteiger partial charge on any atom is 0.203 e. The molecule has 0 radical (unpaired) electrons. The summed E-state index contributed by atoms with van der Waals surface area (Å²) in [5.41, 5.74) is 0.982. The number of ether oxygens (including phenoxy) is 3. The third-order valence-electron chi connectivity index (χ3n) is 4.92. The first kappa shape index (κ1) is 24.6. The topological polar surface area (TPSA) is 67.4 Å². The summed E-state index contributed by atoms with van der Waals surface area (Å²) in [5, 5.41) is 6.92. The van der Waals surface area contributed by atoms with Crippen molar-refractivity contribution in [3.05, 3.63) is 17.7 Å². The number of aliphatic imine (C=N–C) groups is 1. The molecular formula is C20H35IN4O3. The lowest BCUT2D eigenvalue weighted by Crippen LogP contribution is -2.48. The summed E-state index contributed by atoms with van der Waals surface area (Å²) in [5.74, 6) is 2.73. The first-order valence-corrected chi connectivity index (χ1v) is 9.64. The van der Waals surface area contributed by atoms with Crippen molar-refractivity contribution in [3.8, 4) is 17.2 Å². The number of rotatable bonds is 8. The zero-order valence-corrected chi connectivity index (χ0v) is 20.0. The molecule has 1 aromatic rings. The Labute approximate surface area is 186 Å². The van der Waals surface area contributed by atoms with Gasteiger partial charge in [0.05, 0.1) is 21.3 Å². The molecule has 28 heavy (non-hydrogen) atoms. The van der Waals surface area contributed by atoms with Gasteiger partial charge in [-0.2, -0.15) is 0 Å². The molecule has 1 saturated heterocycles. The van der Waals surface area contributed by atoms with E-state index in [1.165, 1.54) is 13.0 Å². The lowest BCUT2D eigenvalue weighted by atomic mass is 10.1. The number of nitrogens with zero attached hydrogens (tertiary/aromatic N) is 2. The molecule has 2 N–H and O–H groups in total. The maximum absolute atomic E-state index is 5.55. The van der Waals surface area contributed by atoms with Gasteiger partial charge < -0.3 is 29.7 Å². The van der Waals surface area contributed by atoms with Gasteiger partial charge in [-0.1, -0.05) is 6.92 Å². The molecule has 1 fully saturated rings. The maximum atomic E-state index is 5.55. The highest BCUT2D eigenvalue weighted by atomic mass is 127. The highest BCUT2D eigenvalue weighted by Gasteiger charge is 2.20. The molecule has 160 valence electrons. The molecule has 0 saturated carbocycles. The molecule has 1 aliphatic rings. The van der Waals surface area contributed by atoms with E-state index in [1.807, 2.05) is 12.1 Å². The van der Waals surface area contributed by atoms with Crippen molar-refractivity contribution >= 4 is 29.9 Å². The molecule has 2 rings (SSSR count). The third-order valence-corrected chi connectivity index (χ3v) is 4.92. The highest BCUT2D eigenvalue weighted by molar-refractivity contribution is 14.0. The van der Waals surface area contributed by atoms with Gasteiger partial charge >= 0.3 is 0 Å². The summed E-state index contributed by atoms with van der Waals surface area (Å²) >= 11 is 0. The Morgan fingerprint density at radius 2 is 1.79 bits per heavy atom. The van der Waals surface area contributed by atoms with Crippen LogP contribution in [0.4, 0.5) is 0 Å². The van der Waals surface area contributed by atoms with Crippen LogP contribution in [0.2, 0.25) is 0 Å². The minimum Gasteiger partial charge on any atom is -0.493 e. The van der Waals surface area contributed by atoms with Crippen LogP contribution in [0.3, 0.4) is 0 Å². The molecule has 0 aliphatic carbocycles. The molecule has 0 bridgehead atoms. The first-order valence-electron chi connectivity index (χ1n) is 9.64. The number of halogens is 1. The van der Waals surface area contributed by atoms with E-state index in [9.17, 15) is 0 Å². The molecular weight excluding hydrogens is 471 g/mol. The Hall–Kier alpha value is -1.42. The average Bonchev–Trinajstić information content (AvgIpc) is 2.71. The van der Waals surface area contributed by atoms with Gasteiger partial charge in [0, 0.05) is 38.3 Å². The van der Waals surface area contributed by atoms with E-state index in [0.29, 0.717) is 29.8 Å². The number of hydrogen-bond donors (Lipinski definition) is 2. The van der Waals surface area contributed by atoms with E-state index in [4.69, 9.17) is 14.2 Å². The number of nitrogens with one attached hydrogen (secondary N) is 2. The predicted molar refractivity (Wildman–Crippen MR) is 125 cm³/mol. The zero-order chi connectivity index (χ0) is 19.6. The van der Waals surface area contributed by atoms with Crippen molar-refractivity contribution in [1.29, 1.82) is 0 Å². The van der Waals surface area contributed by atoms with Crippen LogP contribution in [-0.2, 0) is 6.54 Å². The standard InChI is InChI=1S/C20H34N4O3.HI/c1-6-11-24-12-9-16(10-13-24)23-20(21-2)22-14-15-7-8-17(25-3)19(27-5)18(15)26-4;/h7-8,16H,6,9-14H2,1-5H3,(H2,21,22,23);1H. The van der Waals surface area contributed by atoms with Crippen molar-refractivity contribution in [2.24, 2.45) is 4.99 Å². The molecule has 0 spiro atoms. The van der Waals surface area contributed by atoms with Gasteiger partial charge in [-0.15, -0.1) is 24.0 Å². The molecule has 0 unspecified atom stereocenters. The summed E-state index contributed by atoms with van der Waals surface area (Å²) in [6.45, 7) is 6.30. The first-order chi connectivity index (χ1) is 13.2. The van der Waals surface area contributed by atoms with Gasteiger partial charge in [0.2, 0.25) is 5.75 Å². The average molecular weight is 506 g/mol. The molecule has 1 heterocycles. The number of likely N-dealkylation sites (tertiary alicyclic amines) is 1. The lowest BCUT2D eigenvalue weighted by Gasteiger charge is -2.32. The Morgan fingerprint density at radius 3 is 2.32 bits per heavy atom. The number of benzene rings is 1. The van der Waals surface area contributed by atoms with E-state index in [0.717, 1.165) is 37.5 Å². The van der Waals surface area contributed by atoms with E-state index in [-0.39, 0.29) is 24.0 Å². The normalized spacial score (nSPS) is 15.5. The Balaban J connectivity index is 0.00000392. The summed E-state index contributed by atoms with van der Waals surface area (Å²) in [6.07, 6.45) is 3.50. The molecule has 0 amide bonds. The summed E-state index contributed by atoms with van der Waals surface area (Å²) in [4.78, 5) is 6.90. The van der Waals surface area contributed by atoms with Crippen LogP contribution in [0.5, 0.6) is 17.2 Å². The summed E-state index contributed by atoms with van der Waals surface area (Å²) < 4.78 is 16.3. The SMILES string of the molecule is CCCN1CCC(NC(=NC)NCc2ccc(OC)c(OC)c2OC)CC1.I. The van der Waals surface area contributed by atoms with E-state index in [1.54, 1.807) is 28.4 Å². The summed E-state index contributed by atoms with van der Waals surface area (Å²) in [7, 11) is 6.67. The van der Waals surface area contributed by atoms with Gasteiger partial charge in [-0.05, 0) is 37.9 Å². The molecule has 0 aromatic heterocycles. The van der Waals surface area contributed by atoms with Crippen LogP contribution < -0.4 is 24.8 Å². The van der Waals surface area contributed by atoms with Crippen molar-refractivity contribution in [1.82, 2.24) is 15.5 Å². The van der Waals surface area contributed by atoms with E-state index >= 15 is 0 Å². The van der Waals surface area contributed by atoms with Crippen LogP contribution in [0.15, 0.2) is 17.1 Å². The molecule has 8 heteroatoms. The van der Waals surface area contributed by atoms with Crippen molar-refractivity contribution in [3.63, 3.8) is 0 Å². The fourth-order valence-corrected chi connectivity index (χ4v) is 3.49. The Morgan fingerprint density at radius 1 is 1.11 bits per heavy atom.